The third-order valence-corrected chi connectivity index (χ3v) is 4.15. The van der Waals surface area contributed by atoms with Crippen LogP contribution in [-0.2, 0) is 11.2 Å². The molecule has 1 atom stereocenters. The zero-order valence-electron chi connectivity index (χ0n) is 10.6. The van der Waals surface area contributed by atoms with Crippen LogP contribution in [0.4, 0.5) is 0 Å². The number of hydrogen-bond acceptors (Lipinski definition) is 2. The van der Waals surface area contributed by atoms with E-state index in [9.17, 15) is 4.79 Å². The number of halogens is 1. The van der Waals surface area contributed by atoms with Crippen LogP contribution in [0.3, 0.4) is 0 Å². The highest BCUT2D eigenvalue weighted by atomic mass is 79.9. The predicted molar refractivity (Wildman–Crippen MR) is 79.4 cm³/mol. The van der Waals surface area contributed by atoms with E-state index in [-0.39, 0.29) is 5.91 Å². The Balaban J connectivity index is 1.77. The summed E-state index contributed by atoms with van der Waals surface area (Å²) in [5, 5.41) is 1.16. The molecule has 98 valence electrons. The fraction of sp³-hybridized carbons (Fsp3) is 0.333. The van der Waals surface area contributed by atoms with Gasteiger partial charge in [0.25, 0.3) is 0 Å². The van der Waals surface area contributed by atoms with Gasteiger partial charge in [-0.3, -0.25) is 9.78 Å². The molecule has 0 aliphatic carbocycles. The molecule has 0 bridgehead atoms. The Kier molecular flexibility index (Phi) is 3.51. The Bertz CT molecular complexity index is 609. The molecule has 3 nitrogen and oxygen atoms in total. The summed E-state index contributed by atoms with van der Waals surface area (Å²) in [7, 11) is 0. The summed E-state index contributed by atoms with van der Waals surface area (Å²) in [5.74, 6) is 0.245. The van der Waals surface area contributed by atoms with Crippen molar-refractivity contribution in [2.75, 3.05) is 13.1 Å². The molecule has 1 fully saturated rings. The van der Waals surface area contributed by atoms with E-state index in [1.165, 1.54) is 5.56 Å². The van der Waals surface area contributed by atoms with Crippen LogP contribution in [0.25, 0.3) is 10.9 Å². The van der Waals surface area contributed by atoms with Gasteiger partial charge in [-0.05, 0) is 18.1 Å². The molecule has 0 spiro atoms. The van der Waals surface area contributed by atoms with Gasteiger partial charge in [-0.25, -0.2) is 0 Å². The second kappa shape index (κ2) is 5.29. The Morgan fingerprint density at radius 2 is 2.16 bits per heavy atom. The smallest absolute Gasteiger partial charge is 0.223 e. The topological polar surface area (TPSA) is 33.2 Å². The average Bonchev–Trinajstić information content (AvgIpc) is 2.74. The maximum Gasteiger partial charge on any atom is 0.223 e. The number of alkyl halides is 1. The summed E-state index contributed by atoms with van der Waals surface area (Å²) < 4.78 is 0. The Labute approximate surface area is 120 Å². The van der Waals surface area contributed by atoms with Gasteiger partial charge in [0.05, 0.1) is 5.52 Å². The lowest BCUT2D eigenvalue weighted by atomic mass is 10.1. The number of pyridine rings is 1. The van der Waals surface area contributed by atoms with Gasteiger partial charge in [0, 0.05) is 35.9 Å². The van der Waals surface area contributed by atoms with E-state index in [4.69, 9.17) is 0 Å². The van der Waals surface area contributed by atoms with E-state index < -0.39 is 0 Å². The summed E-state index contributed by atoms with van der Waals surface area (Å²) in [6, 6.07) is 10.2. The zero-order chi connectivity index (χ0) is 13.2. The summed E-state index contributed by atoms with van der Waals surface area (Å²) in [5.41, 5.74) is 2.26. The van der Waals surface area contributed by atoms with Crippen LogP contribution < -0.4 is 0 Å². The molecule has 1 aromatic carbocycles. The van der Waals surface area contributed by atoms with Gasteiger partial charge in [0.1, 0.15) is 0 Å². The lowest BCUT2D eigenvalue weighted by Gasteiger charge is -2.16. The fourth-order valence-electron chi connectivity index (χ4n) is 2.56. The van der Waals surface area contributed by atoms with Crippen LogP contribution in [0.15, 0.2) is 36.5 Å². The average molecular weight is 319 g/mol. The van der Waals surface area contributed by atoms with Gasteiger partial charge in [0.15, 0.2) is 0 Å². The molecular formula is C15H15BrN2O. The van der Waals surface area contributed by atoms with Gasteiger partial charge in [-0.2, -0.15) is 0 Å². The third-order valence-electron chi connectivity index (χ3n) is 3.53. The highest BCUT2D eigenvalue weighted by molar-refractivity contribution is 9.09. The predicted octanol–water partition coefficient (Wildman–Crippen LogP) is 2.77. The summed E-state index contributed by atoms with van der Waals surface area (Å²) in [4.78, 5) is 18.4. The van der Waals surface area contributed by atoms with E-state index in [1.807, 2.05) is 17.2 Å². The van der Waals surface area contributed by atoms with Crippen molar-refractivity contribution in [1.82, 2.24) is 9.88 Å². The Hall–Kier alpha value is -1.42. The van der Waals surface area contributed by atoms with E-state index in [0.717, 1.165) is 30.4 Å². The van der Waals surface area contributed by atoms with E-state index >= 15 is 0 Å². The summed E-state index contributed by atoms with van der Waals surface area (Å²) >= 11 is 3.51. The Morgan fingerprint density at radius 1 is 1.32 bits per heavy atom. The lowest BCUT2D eigenvalue weighted by molar-refractivity contribution is -0.127. The number of rotatable bonds is 3. The Morgan fingerprint density at radius 3 is 2.95 bits per heavy atom. The maximum absolute atomic E-state index is 11.7. The minimum atomic E-state index is 0.245. The molecule has 4 heteroatoms. The van der Waals surface area contributed by atoms with Crippen LogP contribution in [0.2, 0.25) is 0 Å². The maximum atomic E-state index is 11.7. The van der Waals surface area contributed by atoms with E-state index in [0.29, 0.717) is 11.2 Å². The first-order valence-electron chi connectivity index (χ1n) is 6.48. The molecule has 1 aliphatic rings. The number of likely N-dealkylation sites (tertiary alicyclic amines) is 1. The quantitative estimate of drug-likeness (QED) is 0.815. The second-order valence-electron chi connectivity index (χ2n) is 4.88. The lowest BCUT2D eigenvalue weighted by Crippen LogP contribution is -2.27. The van der Waals surface area contributed by atoms with Crippen LogP contribution in [0, 0.1) is 0 Å². The van der Waals surface area contributed by atoms with Crippen molar-refractivity contribution in [1.29, 1.82) is 0 Å². The van der Waals surface area contributed by atoms with Crippen molar-refractivity contribution in [3.63, 3.8) is 0 Å². The molecule has 0 N–H and O–H groups in total. The van der Waals surface area contributed by atoms with Crippen LogP contribution in [-0.4, -0.2) is 33.7 Å². The summed E-state index contributed by atoms with van der Waals surface area (Å²) in [6.45, 7) is 1.59. The number of nitrogens with zero attached hydrogens (tertiary/aromatic N) is 2. The first-order valence-corrected chi connectivity index (χ1v) is 7.40. The highest BCUT2D eigenvalue weighted by Gasteiger charge is 2.27. The summed E-state index contributed by atoms with van der Waals surface area (Å²) in [6.07, 6.45) is 3.30. The van der Waals surface area contributed by atoms with Crippen molar-refractivity contribution >= 4 is 32.7 Å². The van der Waals surface area contributed by atoms with Gasteiger partial charge < -0.3 is 4.90 Å². The van der Waals surface area contributed by atoms with Crippen molar-refractivity contribution in [2.24, 2.45) is 0 Å². The normalized spacial score (nSPS) is 19.3. The monoisotopic (exact) mass is 318 g/mol. The molecule has 2 heterocycles. The number of carbonyl (C=O) groups excluding carboxylic acids is 1. The highest BCUT2D eigenvalue weighted by Crippen LogP contribution is 2.20. The first-order chi connectivity index (χ1) is 9.24. The van der Waals surface area contributed by atoms with Crippen LogP contribution in [0.5, 0.6) is 0 Å². The number of carbonyl (C=O) groups is 1. The van der Waals surface area contributed by atoms with Crippen molar-refractivity contribution in [3.05, 3.63) is 42.1 Å². The third kappa shape index (κ3) is 2.63. The van der Waals surface area contributed by atoms with Crippen molar-refractivity contribution < 1.29 is 4.79 Å². The van der Waals surface area contributed by atoms with Gasteiger partial charge in [0.2, 0.25) is 5.91 Å². The van der Waals surface area contributed by atoms with Crippen LogP contribution in [0.1, 0.15) is 12.0 Å². The van der Waals surface area contributed by atoms with Gasteiger partial charge in [-0.15, -0.1) is 0 Å². The number of fused-ring (bicyclic) bond motifs is 1. The molecule has 1 aromatic heterocycles. The van der Waals surface area contributed by atoms with Crippen molar-refractivity contribution in [3.8, 4) is 0 Å². The number of para-hydroxylation sites is 1. The van der Waals surface area contributed by atoms with E-state index in [1.54, 1.807) is 0 Å². The van der Waals surface area contributed by atoms with Crippen LogP contribution >= 0.6 is 15.9 Å². The SMILES string of the molecule is O=C1CC(Br)CN1CCc1cccc2cccnc12. The zero-order valence-corrected chi connectivity index (χ0v) is 12.1. The number of hydrogen-bond donors (Lipinski definition) is 0. The van der Waals surface area contributed by atoms with Gasteiger partial charge >= 0.3 is 0 Å². The standard InChI is InChI=1S/C15H15BrN2O/c16-13-9-14(19)18(10-13)8-6-12-4-1-3-11-5-2-7-17-15(11)12/h1-5,7,13H,6,8-10H2. The largest absolute Gasteiger partial charge is 0.341 e. The minimum absolute atomic E-state index is 0.245. The molecule has 0 radical (unpaired) electrons. The molecule has 1 aliphatic heterocycles. The molecule has 1 unspecified atom stereocenters. The molecule has 1 saturated heterocycles. The second-order valence-corrected chi connectivity index (χ2v) is 6.18. The molecule has 3 rings (SSSR count). The number of aromatic nitrogens is 1. The molecule has 2 aromatic rings. The molecule has 0 saturated carbocycles. The fourth-order valence-corrected chi connectivity index (χ4v) is 3.19. The molecule has 19 heavy (non-hydrogen) atoms. The first kappa shape index (κ1) is 12.6. The number of benzene rings is 1. The van der Waals surface area contributed by atoms with Gasteiger partial charge in [-0.1, -0.05) is 40.2 Å². The molecule has 1 amide bonds. The van der Waals surface area contributed by atoms with E-state index in [2.05, 4.69) is 45.2 Å². The minimum Gasteiger partial charge on any atom is -0.341 e. The molecular weight excluding hydrogens is 304 g/mol. The number of amides is 1. The van der Waals surface area contributed by atoms with Crippen molar-refractivity contribution in [2.45, 2.75) is 17.7 Å².